The summed E-state index contributed by atoms with van der Waals surface area (Å²) in [7, 11) is 1.97. The van der Waals surface area contributed by atoms with Gasteiger partial charge in [0.25, 0.3) is 5.91 Å². The van der Waals surface area contributed by atoms with Crippen molar-refractivity contribution in [1.29, 1.82) is 0 Å². The van der Waals surface area contributed by atoms with Crippen LogP contribution in [0.25, 0.3) is 0 Å². The van der Waals surface area contributed by atoms with Gasteiger partial charge >= 0.3 is 0 Å². The van der Waals surface area contributed by atoms with Crippen molar-refractivity contribution in [3.63, 3.8) is 0 Å². The second kappa shape index (κ2) is 5.00. The second-order valence-corrected chi connectivity index (χ2v) is 6.09. The van der Waals surface area contributed by atoms with Crippen LogP contribution in [0.5, 0.6) is 5.75 Å². The molecular weight excluding hydrogens is 268 g/mol. The molecule has 5 nitrogen and oxygen atoms in total. The third kappa shape index (κ3) is 2.12. The van der Waals surface area contributed by atoms with Gasteiger partial charge in [0.05, 0.1) is 18.2 Å². The van der Waals surface area contributed by atoms with Crippen molar-refractivity contribution >= 4 is 5.91 Å². The van der Waals surface area contributed by atoms with Gasteiger partial charge in [-0.2, -0.15) is 5.06 Å². The molecule has 0 unspecified atom stereocenters. The molecule has 3 aliphatic heterocycles. The maximum Gasteiger partial charge on any atom is 0.266 e. The van der Waals surface area contributed by atoms with E-state index in [0.717, 1.165) is 31.6 Å². The van der Waals surface area contributed by atoms with Crippen LogP contribution in [-0.2, 0) is 9.63 Å². The molecule has 3 heterocycles. The maximum absolute atomic E-state index is 12.4. The van der Waals surface area contributed by atoms with Gasteiger partial charge in [0.2, 0.25) is 0 Å². The highest BCUT2D eigenvalue weighted by atomic mass is 16.7. The minimum Gasteiger partial charge on any atom is -0.478 e. The average molecular weight is 288 g/mol. The molecule has 0 aromatic heterocycles. The number of amides is 1. The van der Waals surface area contributed by atoms with Gasteiger partial charge in [-0.05, 0) is 31.4 Å². The molecular formula is C16H20N2O3. The van der Waals surface area contributed by atoms with Crippen molar-refractivity contribution in [1.82, 2.24) is 9.96 Å². The highest BCUT2D eigenvalue weighted by Crippen LogP contribution is 2.37. The first-order chi connectivity index (χ1) is 10.2. The Balaban J connectivity index is 1.56. The van der Waals surface area contributed by atoms with Crippen molar-refractivity contribution < 1.29 is 14.4 Å². The molecule has 0 N–H and O–H groups in total. The summed E-state index contributed by atoms with van der Waals surface area (Å²) in [5, 5.41) is 1.93. The first-order valence-electron chi connectivity index (χ1n) is 7.66. The highest BCUT2D eigenvalue weighted by molar-refractivity contribution is 5.89. The molecule has 21 heavy (non-hydrogen) atoms. The smallest absolute Gasteiger partial charge is 0.266 e. The Morgan fingerprint density at radius 3 is 2.90 bits per heavy atom. The topological polar surface area (TPSA) is 42.0 Å². The van der Waals surface area contributed by atoms with Gasteiger partial charge in [0.15, 0.2) is 6.10 Å². The zero-order valence-electron chi connectivity index (χ0n) is 12.1. The van der Waals surface area contributed by atoms with Gasteiger partial charge in [-0.1, -0.05) is 18.2 Å². The summed E-state index contributed by atoms with van der Waals surface area (Å²) in [6, 6.07) is 9.94. The summed E-state index contributed by atoms with van der Waals surface area (Å²) in [5.41, 5.74) is 0. The third-order valence-electron chi connectivity index (χ3n) is 4.81. The van der Waals surface area contributed by atoms with E-state index < -0.39 is 0 Å². The van der Waals surface area contributed by atoms with Crippen LogP contribution in [0, 0.1) is 0 Å². The summed E-state index contributed by atoms with van der Waals surface area (Å²) >= 11 is 0. The van der Waals surface area contributed by atoms with Gasteiger partial charge in [-0.25, -0.2) is 0 Å². The van der Waals surface area contributed by atoms with Gasteiger partial charge in [0, 0.05) is 13.6 Å². The number of hydrogen-bond donors (Lipinski definition) is 0. The van der Waals surface area contributed by atoms with E-state index in [-0.39, 0.29) is 24.1 Å². The van der Waals surface area contributed by atoms with E-state index in [4.69, 9.17) is 9.57 Å². The Kier molecular flexibility index (Phi) is 3.12. The lowest BCUT2D eigenvalue weighted by Gasteiger charge is -2.50. The fraction of sp³-hybridized carbons (Fsp3) is 0.562. The summed E-state index contributed by atoms with van der Waals surface area (Å²) in [5.74, 6) is 0.873. The quantitative estimate of drug-likeness (QED) is 0.772. The predicted octanol–water partition coefficient (Wildman–Crippen LogP) is 1.44. The lowest BCUT2D eigenvalue weighted by atomic mass is 9.85. The van der Waals surface area contributed by atoms with Gasteiger partial charge in [0.1, 0.15) is 5.75 Å². The molecule has 1 aromatic carbocycles. The predicted molar refractivity (Wildman–Crippen MR) is 76.6 cm³/mol. The van der Waals surface area contributed by atoms with Crippen LogP contribution in [0.2, 0.25) is 0 Å². The zero-order valence-corrected chi connectivity index (χ0v) is 12.1. The summed E-state index contributed by atoms with van der Waals surface area (Å²) < 4.78 is 5.95. The van der Waals surface area contributed by atoms with E-state index in [2.05, 4.69) is 0 Å². The van der Waals surface area contributed by atoms with E-state index in [1.54, 1.807) is 0 Å². The van der Waals surface area contributed by atoms with E-state index in [1.807, 2.05) is 47.3 Å². The molecule has 5 heteroatoms. The van der Waals surface area contributed by atoms with Crippen LogP contribution in [0.4, 0.5) is 0 Å². The first-order valence-corrected chi connectivity index (χ1v) is 7.66. The molecule has 3 fully saturated rings. The maximum atomic E-state index is 12.4. The van der Waals surface area contributed by atoms with Gasteiger partial charge in [-0.15, -0.1) is 0 Å². The Hall–Kier alpha value is -1.59. The molecule has 1 aromatic rings. The number of carbonyl (C=O) groups is 1. The number of fused-ring (bicyclic) bond motifs is 4. The standard InChI is InChI=1S/C16H20N2O3/c1-17-13-10-12(21-17)8-5-9-18-14(13)15(16(18)19)20-11-6-3-2-4-7-11/h2-4,6-7,12-15H,5,8-10H2,1H3/t12-,13-,14-,15+/m0/s1. The molecule has 4 atom stereocenters. The normalized spacial score (nSPS) is 35.7. The van der Waals surface area contributed by atoms with E-state index >= 15 is 0 Å². The van der Waals surface area contributed by atoms with Crippen molar-refractivity contribution in [2.24, 2.45) is 0 Å². The number of carbonyl (C=O) groups excluding carboxylic acids is 1. The van der Waals surface area contributed by atoms with Crippen LogP contribution in [0.3, 0.4) is 0 Å². The molecule has 1 amide bonds. The Morgan fingerprint density at radius 2 is 2.10 bits per heavy atom. The fourth-order valence-corrected chi connectivity index (χ4v) is 3.76. The minimum atomic E-state index is -0.375. The Morgan fingerprint density at radius 1 is 1.29 bits per heavy atom. The number of hydroxylamine groups is 2. The highest BCUT2D eigenvalue weighted by Gasteiger charge is 2.56. The first kappa shape index (κ1) is 13.1. The molecule has 0 aliphatic carbocycles. The van der Waals surface area contributed by atoms with Crippen molar-refractivity contribution in [3.8, 4) is 5.75 Å². The lowest BCUT2D eigenvalue weighted by Crippen LogP contribution is -2.72. The summed E-state index contributed by atoms with van der Waals surface area (Å²) in [4.78, 5) is 20.2. The SMILES string of the molecule is CN1O[C@H]2CCCN3C(=O)[C@H](Oc4ccccc4)[C@@H]3[C@@H]1C2. The van der Waals surface area contributed by atoms with E-state index in [9.17, 15) is 4.79 Å². The largest absolute Gasteiger partial charge is 0.478 e. The van der Waals surface area contributed by atoms with Crippen molar-refractivity contribution in [3.05, 3.63) is 30.3 Å². The number of ether oxygens (including phenoxy) is 1. The molecule has 0 saturated carbocycles. The minimum absolute atomic E-state index is 0.105. The van der Waals surface area contributed by atoms with Gasteiger partial charge in [-0.3, -0.25) is 9.63 Å². The average Bonchev–Trinajstić information content (AvgIpc) is 2.86. The molecule has 0 spiro atoms. The summed E-state index contributed by atoms with van der Waals surface area (Å²) in [6.07, 6.45) is 2.95. The monoisotopic (exact) mass is 288 g/mol. The van der Waals surface area contributed by atoms with Crippen LogP contribution in [0.1, 0.15) is 19.3 Å². The molecule has 0 radical (unpaired) electrons. The number of hydrogen-bond acceptors (Lipinski definition) is 4. The third-order valence-corrected chi connectivity index (χ3v) is 4.81. The fourth-order valence-electron chi connectivity index (χ4n) is 3.76. The van der Waals surface area contributed by atoms with Crippen LogP contribution < -0.4 is 4.74 Å². The van der Waals surface area contributed by atoms with Crippen LogP contribution in [0.15, 0.2) is 30.3 Å². The van der Waals surface area contributed by atoms with Gasteiger partial charge < -0.3 is 9.64 Å². The molecule has 4 rings (SSSR count). The Labute approximate surface area is 124 Å². The number of β-lactam (4-membered cyclic amide) rings is 1. The number of nitrogens with zero attached hydrogens (tertiary/aromatic N) is 2. The van der Waals surface area contributed by atoms with Crippen molar-refractivity contribution in [2.45, 2.75) is 43.6 Å². The molecule has 112 valence electrons. The molecule has 3 aliphatic rings. The van der Waals surface area contributed by atoms with Crippen molar-refractivity contribution in [2.75, 3.05) is 13.6 Å². The number of para-hydroxylation sites is 1. The van der Waals surface area contributed by atoms with E-state index in [0.29, 0.717) is 6.10 Å². The lowest BCUT2D eigenvalue weighted by molar-refractivity contribution is -0.183. The number of benzene rings is 1. The van der Waals surface area contributed by atoms with Crippen LogP contribution >= 0.6 is 0 Å². The van der Waals surface area contributed by atoms with Crippen LogP contribution in [-0.4, -0.2) is 53.8 Å². The summed E-state index contributed by atoms with van der Waals surface area (Å²) in [6.45, 7) is 0.822. The second-order valence-electron chi connectivity index (χ2n) is 6.09. The molecule has 3 saturated heterocycles. The zero-order chi connectivity index (χ0) is 14.4. The van der Waals surface area contributed by atoms with E-state index in [1.165, 1.54) is 0 Å². The number of likely N-dealkylation sites (N-methyl/N-ethyl adjacent to an activating group) is 1. The molecule has 2 bridgehead atoms. The number of rotatable bonds is 2. The Bertz CT molecular complexity index is 536.